The van der Waals surface area contributed by atoms with E-state index < -0.39 is 0 Å². The lowest BCUT2D eigenvalue weighted by Gasteiger charge is -1.99. The Kier molecular flexibility index (Phi) is 3.53. The van der Waals surface area contributed by atoms with Crippen molar-refractivity contribution in [2.24, 2.45) is 0 Å². The normalized spacial score (nSPS) is 11.2. The van der Waals surface area contributed by atoms with Crippen molar-refractivity contribution in [3.05, 3.63) is 49.2 Å². The van der Waals surface area contributed by atoms with Crippen LogP contribution in [0.4, 0.5) is 0 Å². The van der Waals surface area contributed by atoms with Crippen molar-refractivity contribution in [2.75, 3.05) is 0 Å². The van der Waals surface area contributed by atoms with Crippen LogP contribution in [-0.2, 0) is 0 Å². The van der Waals surface area contributed by atoms with Gasteiger partial charge < -0.3 is 0 Å². The first-order chi connectivity index (χ1) is 9.06. The van der Waals surface area contributed by atoms with Crippen LogP contribution in [0.1, 0.15) is 5.56 Å². The Balaban J connectivity index is 2.28. The Morgan fingerprint density at radius 1 is 1.26 bits per heavy atom. The number of halogens is 3. The molecule has 0 saturated carbocycles. The predicted molar refractivity (Wildman–Crippen MR) is 88.6 cm³/mol. The predicted octanol–water partition coefficient (Wildman–Crippen LogP) is 4.73. The molecule has 96 valence electrons. The molecule has 0 bridgehead atoms. The molecule has 0 aliphatic rings. The SMILES string of the molecule is Cc1ccc(-c2nc3c(Br)cc(Cl)nn3c2I)cc1. The smallest absolute Gasteiger partial charge is 0.169 e. The highest BCUT2D eigenvalue weighted by atomic mass is 127. The zero-order valence-corrected chi connectivity index (χ0v) is 14.4. The molecule has 0 radical (unpaired) electrons. The Bertz CT molecular complexity index is 768. The number of imidazole rings is 1. The minimum absolute atomic E-state index is 0.435. The maximum absolute atomic E-state index is 5.98. The largest absolute Gasteiger partial charge is 0.225 e. The average Bonchev–Trinajstić information content (AvgIpc) is 2.69. The number of nitrogens with zero attached hydrogens (tertiary/aromatic N) is 3. The molecule has 0 aliphatic heterocycles. The third kappa shape index (κ3) is 2.39. The summed E-state index contributed by atoms with van der Waals surface area (Å²) in [5, 5.41) is 4.72. The highest BCUT2D eigenvalue weighted by molar-refractivity contribution is 14.1. The molecule has 6 heteroatoms. The van der Waals surface area contributed by atoms with Gasteiger partial charge in [0.25, 0.3) is 0 Å². The topological polar surface area (TPSA) is 30.2 Å². The molecule has 0 N–H and O–H groups in total. The van der Waals surface area contributed by atoms with Crippen LogP contribution in [0.15, 0.2) is 34.8 Å². The van der Waals surface area contributed by atoms with Gasteiger partial charge in [0.1, 0.15) is 9.39 Å². The first-order valence-electron chi connectivity index (χ1n) is 5.53. The molecule has 2 aromatic heterocycles. The van der Waals surface area contributed by atoms with E-state index in [4.69, 9.17) is 11.6 Å². The van der Waals surface area contributed by atoms with Gasteiger partial charge >= 0.3 is 0 Å². The number of rotatable bonds is 1. The Morgan fingerprint density at radius 3 is 2.63 bits per heavy atom. The average molecular weight is 448 g/mol. The minimum Gasteiger partial charge on any atom is -0.225 e. The van der Waals surface area contributed by atoms with Crippen molar-refractivity contribution >= 4 is 55.8 Å². The van der Waals surface area contributed by atoms with E-state index in [2.05, 4.69) is 79.8 Å². The van der Waals surface area contributed by atoms with Crippen LogP contribution in [0.5, 0.6) is 0 Å². The summed E-state index contributed by atoms with van der Waals surface area (Å²) in [6.07, 6.45) is 0. The third-order valence-corrected chi connectivity index (χ3v) is 4.52. The van der Waals surface area contributed by atoms with E-state index in [0.717, 1.165) is 25.1 Å². The summed E-state index contributed by atoms with van der Waals surface area (Å²) in [5.41, 5.74) is 3.98. The van der Waals surface area contributed by atoms with Gasteiger partial charge in [0.15, 0.2) is 10.8 Å². The molecule has 0 aliphatic carbocycles. The van der Waals surface area contributed by atoms with Gasteiger partial charge in [-0.1, -0.05) is 41.4 Å². The van der Waals surface area contributed by atoms with E-state index in [0.29, 0.717) is 5.15 Å². The van der Waals surface area contributed by atoms with Crippen molar-refractivity contribution < 1.29 is 0 Å². The Labute approximate surface area is 137 Å². The second-order valence-electron chi connectivity index (χ2n) is 4.17. The number of benzene rings is 1. The summed E-state index contributed by atoms with van der Waals surface area (Å²) < 4.78 is 3.53. The fourth-order valence-electron chi connectivity index (χ4n) is 1.83. The van der Waals surface area contributed by atoms with Crippen LogP contribution in [0.25, 0.3) is 16.9 Å². The lowest BCUT2D eigenvalue weighted by atomic mass is 10.1. The highest BCUT2D eigenvalue weighted by Gasteiger charge is 2.15. The number of hydrogen-bond donors (Lipinski definition) is 0. The van der Waals surface area contributed by atoms with Gasteiger partial charge in [0, 0.05) is 5.56 Å². The first-order valence-corrected chi connectivity index (χ1v) is 7.78. The summed E-state index contributed by atoms with van der Waals surface area (Å²) in [5.74, 6) is 0. The van der Waals surface area contributed by atoms with E-state index >= 15 is 0 Å². The molecule has 3 rings (SSSR count). The van der Waals surface area contributed by atoms with Gasteiger partial charge in [0.05, 0.1) is 4.47 Å². The van der Waals surface area contributed by atoms with Crippen LogP contribution in [0.3, 0.4) is 0 Å². The molecule has 2 heterocycles. The van der Waals surface area contributed by atoms with Crippen molar-refractivity contribution in [1.29, 1.82) is 0 Å². The summed E-state index contributed by atoms with van der Waals surface area (Å²) in [7, 11) is 0. The summed E-state index contributed by atoms with van der Waals surface area (Å²) >= 11 is 11.7. The number of aryl methyl sites for hydroxylation is 1. The minimum atomic E-state index is 0.435. The number of aromatic nitrogens is 3. The number of fused-ring (bicyclic) bond motifs is 1. The van der Waals surface area contributed by atoms with E-state index in [1.165, 1.54) is 5.56 Å². The van der Waals surface area contributed by atoms with E-state index in [1.807, 2.05) is 0 Å². The van der Waals surface area contributed by atoms with E-state index in [9.17, 15) is 0 Å². The zero-order chi connectivity index (χ0) is 13.6. The quantitative estimate of drug-likeness (QED) is 0.504. The molecule has 0 amide bonds. The van der Waals surface area contributed by atoms with Crippen LogP contribution >= 0.6 is 50.1 Å². The molecule has 0 unspecified atom stereocenters. The molecule has 0 atom stereocenters. The van der Waals surface area contributed by atoms with Gasteiger partial charge in [-0.25, -0.2) is 9.50 Å². The summed E-state index contributed by atoms with van der Waals surface area (Å²) in [4.78, 5) is 4.64. The lowest BCUT2D eigenvalue weighted by molar-refractivity contribution is 0.910. The maximum atomic E-state index is 5.98. The molecule has 3 nitrogen and oxygen atoms in total. The van der Waals surface area contributed by atoms with Crippen molar-refractivity contribution in [1.82, 2.24) is 14.6 Å². The monoisotopic (exact) mass is 447 g/mol. The van der Waals surface area contributed by atoms with Crippen LogP contribution < -0.4 is 0 Å². The van der Waals surface area contributed by atoms with E-state index in [1.54, 1.807) is 10.6 Å². The van der Waals surface area contributed by atoms with Crippen LogP contribution in [0.2, 0.25) is 5.15 Å². The molecule has 1 aromatic carbocycles. The molecular formula is C13H8BrClIN3. The second kappa shape index (κ2) is 5.03. The van der Waals surface area contributed by atoms with Gasteiger partial charge in [-0.2, -0.15) is 5.10 Å². The first kappa shape index (κ1) is 13.3. The fraction of sp³-hybridized carbons (Fsp3) is 0.0769. The Hall–Kier alpha value is -0.660. The zero-order valence-electron chi connectivity index (χ0n) is 9.86. The molecular weight excluding hydrogens is 440 g/mol. The molecule has 0 spiro atoms. The summed E-state index contributed by atoms with van der Waals surface area (Å²) in [6.45, 7) is 2.07. The van der Waals surface area contributed by atoms with E-state index in [-0.39, 0.29) is 0 Å². The van der Waals surface area contributed by atoms with Crippen molar-refractivity contribution in [3.63, 3.8) is 0 Å². The highest BCUT2D eigenvalue weighted by Crippen LogP contribution is 2.29. The molecule has 3 aromatic rings. The van der Waals surface area contributed by atoms with Gasteiger partial charge in [0.2, 0.25) is 0 Å². The third-order valence-electron chi connectivity index (χ3n) is 2.78. The lowest BCUT2D eigenvalue weighted by Crippen LogP contribution is -1.94. The van der Waals surface area contributed by atoms with Crippen molar-refractivity contribution in [2.45, 2.75) is 6.92 Å². The number of hydrogen-bond acceptors (Lipinski definition) is 2. The second-order valence-corrected chi connectivity index (χ2v) is 6.43. The van der Waals surface area contributed by atoms with Gasteiger partial charge in [-0.05, 0) is 51.5 Å². The molecule has 0 saturated heterocycles. The maximum Gasteiger partial charge on any atom is 0.169 e. The van der Waals surface area contributed by atoms with Crippen LogP contribution in [0, 0.1) is 10.6 Å². The molecule has 19 heavy (non-hydrogen) atoms. The standard InChI is InChI=1S/C13H8BrClIN3/c1-7-2-4-8(5-3-7)11-12(16)19-13(17-11)9(14)6-10(15)18-19/h2-6H,1H3. The van der Waals surface area contributed by atoms with Crippen LogP contribution in [-0.4, -0.2) is 14.6 Å². The van der Waals surface area contributed by atoms with Gasteiger partial charge in [-0.15, -0.1) is 0 Å². The summed E-state index contributed by atoms with van der Waals surface area (Å²) in [6, 6.07) is 10.0. The Morgan fingerprint density at radius 2 is 1.95 bits per heavy atom. The van der Waals surface area contributed by atoms with Gasteiger partial charge in [-0.3, -0.25) is 0 Å². The van der Waals surface area contributed by atoms with Crippen molar-refractivity contribution in [3.8, 4) is 11.3 Å². The molecule has 0 fully saturated rings. The fourth-order valence-corrected chi connectivity index (χ4v) is 3.39.